The summed E-state index contributed by atoms with van der Waals surface area (Å²) >= 11 is 0. The average molecular weight is 246 g/mol. The Kier molecular flexibility index (Phi) is 4.30. The van der Waals surface area contributed by atoms with Crippen molar-refractivity contribution in [2.24, 2.45) is 10.9 Å². The molecule has 0 aliphatic carbocycles. The van der Waals surface area contributed by atoms with Crippen molar-refractivity contribution in [2.45, 2.75) is 19.2 Å². The summed E-state index contributed by atoms with van der Waals surface area (Å²) < 4.78 is 25.8. The number of hydrogen-bond donors (Lipinski definition) is 4. The molecule has 0 rings (SSSR count). The first-order valence-electron chi connectivity index (χ1n) is 3.44. The van der Waals surface area contributed by atoms with E-state index < -0.39 is 20.6 Å². The van der Waals surface area contributed by atoms with Gasteiger partial charge < -0.3 is 25.0 Å². The van der Waals surface area contributed by atoms with Crippen LogP contribution >= 0.6 is 15.2 Å². The SMILES string of the molecule is C/C(N)=N/OP(=O)(O)C(C)P(=O)(O)O. The second-order valence-corrected chi connectivity index (χ2v) is 7.03. The summed E-state index contributed by atoms with van der Waals surface area (Å²) in [6.45, 7) is 2.19. The van der Waals surface area contributed by atoms with Gasteiger partial charge in [-0.1, -0.05) is 5.16 Å². The summed E-state index contributed by atoms with van der Waals surface area (Å²) in [5, 5.41) is 1.13. The maximum Gasteiger partial charge on any atom is 0.412 e. The predicted molar refractivity (Wildman–Crippen MR) is 49.7 cm³/mol. The molecule has 8 nitrogen and oxygen atoms in total. The smallest absolute Gasteiger partial charge is 0.385 e. The Bertz CT molecular complexity index is 318. The van der Waals surface area contributed by atoms with E-state index in [1.54, 1.807) is 0 Å². The molecule has 5 N–H and O–H groups in total. The van der Waals surface area contributed by atoms with Crippen LogP contribution in [-0.2, 0) is 13.8 Å². The second kappa shape index (κ2) is 4.42. The number of nitrogens with two attached hydrogens (primary N) is 1. The summed E-state index contributed by atoms with van der Waals surface area (Å²) in [7, 11) is -9.18. The van der Waals surface area contributed by atoms with Crippen LogP contribution in [0.1, 0.15) is 13.8 Å². The minimum absolute atomic E-state index is 0.128. The highest BCUT2D eigenvalue weighted by molar-refractivity contribution is 7.71. The second-order valence-electron chi connectivity index (χ2n) is 2.60. The highest BCUT2D eigenvalue weighted by Gasteiger charge is 2.43. The van der Waals surface area contributed by atoms with Gasteiger partial charge in [0.1, 0.15) is 5.84 Å². The summed E-state index contributed by atoms with van der Waals surface area (Å²) in [5.41, 5.74) is 5.01. The minimum Gasteiger partial charge on any atom is -0.385 e. The van der Waals surface area contributed by atoms with Gasteiger partial charge in [-0.2, -0.15) is 0 Å². The van der Waals surface area contributed by atoms with Gasteiger partial charge in [-0.05, 0) is 13.8 Å². The fourth-order valence-electron chi connectivity index (χ4n) is 0.381. The maximum atomic E-state index is 11.1. The molecule has 84 valence electrons. The van der Waals surface area contributed by atoms with E-state index in [2.05, 4.69) is 9.78 Å². The van der Waals surface area contributed by atoms with E-state index in [9.17, 15) is 9.13 Å². The molecule has 2 atom stereocenters. The van der Waals surface area contributed by atoms with Crippen molar-refractivity contribution in [1.82, 2.24) is 0 Å². The van der Waals surface area contributed by atoms with Crippen molar-refractivity contribution in [3.05, 3.63) is 0 Å². The number of nitrogens with zero attached hydrogens (tertiary/aromatic N) is 1. The zero-order valence-electron chi connectivity index (χ0n) is 7.56. The first-order valence-corrected chi connectivity index (χ1v) is 6.76. The molecule has 0 aromatic carbocycles. The molecule has 0 radical (unpaired) electrons. The van der Waals surface area contributed by atoms with Crippen molar-refractivity contribution < 1.29 is 28.4 Å². The molecule has 2 unspecified atom stereocenters. The van der Waals surface area contributed by atoms with Crippen molar-refractivity contribution in [3.63, 3.8) is 0 Å². The van der Waals surface area contributed by atoms with Gasteiger partial charge in [-0.3, -0.25) is 4.57 Å². The highest BCUT2D eigenvalue weighted by Crippen LogP contribution is 2.62. The fourth-order valence-corrected chi connectivity index (χ4v) is 2.41. The molecular weight excluding hydrogens is 234 g/mol. The predicted octanol–water partition coefficient (Wildman–Crippen LogP) is 0.00420. The molecule has 14 heavy (non-hydrogen) atoms. The van der Waals surface area contributed by atoms with Crippen LogP contribution in [0, 0.1) is 0 Å². The normalized spacial score (nSPS) is 19.9. The molecule has 0 bridgehead atoms. The zero-order chi connectivity index (χ0) is 11.6. The lowest BCUT2D eigenvalue weighted by atomic mass is 10.7. The Morgan fingerprint density at radius 1 is 1.43 bits per heavy atom. The van der Waals surface area contributed by atoms with Gasteiger partial charge in [0.2, 0.25) is 0 Å². The van der Waals surface area contributed by atoms with Crippen LogP contribution < -0.4 is 5.73 Å². The van der Waals surface area contributed by atoms with Gasteiger partial charge >= 0.3 is 15.2 Å². The molecular formula is C4H12N2O6P2. The topological polar surface area (TPSA) is 142 Å². The van der Waals surface area contributed by atoms with Gasteiger partial charge in [0.05, 0.1) is 0 Å². The zero-order valence-corrected chi connectivity index (χ0v) is 9.35. The van der Waals surface area contributed by atoms with Crippen LogP contribution in [0.2, 0.25) is 0 Å². The number of oxime groups is 1. The lowest BCUT2D eigenvalue weighted by Crippen LogP contribution is -2.09. The van der Waals surface area contributed by atoms with Crippen LogP contribution in [0.5, 0.6) is 0 Å². The maximum absolute atomic E-state index is 11.1. The van der Waals surface area contributed by atoms with E-state index >= 15 is 0 Å². The van der Waals surface area contributed by atoms with E-state index in [-0.39, 0.29) is 5.84 Å². The quantitative estimate of drug-likeness (QED) is 0.236. The molecule has 0 aliphatic rings. The van der Waals surface area contributed by atoms with Gasteiger partial charge in [-0.25, -0.2) is 4.57 Å². The molecule has 0 saturated carbocycles. The van der Waals surface area contributed by atoms with Crippen LogP contribution in [0.4, 0.5) is 0 Å². The van der Waals surface area contributed by atoms with E-state index in [0.29, 0.717) is 0 Å². The van der Waals surface area contributed by atoms with Crippen molar-refractivity contribution in [1.29, 1.82) is 0 Å². The van der Waals surface area contributed by atoms with Crippen molar-refractivity contribution >= 4 is 21.0 Å². The van der Waals surface area contributed by atoms with E-state index in [0.717, 1.165) is 6.92 Å². The Hall–Kier alpha value is -0.390. The van der Waals surface area contributed by atoms with Crippen molar-refractivity contribution in [2.75, 3.05) is 0 Å². The minimum atomic E-state index is -4.69. The van der Waals surface area contributed by atoms with Gasteiger partial charge in [-0.15, -0.1) is 0 Å². The van der Waals surface area contributed by atoms with Crippen LogP contribution in [0.15, 0.2) is 5.16 Å². The number of rotatable bonds is 4. The lowest BCUT2D eigenvalue weighted by Gasteiger charge is -2.17. The van der Waals surface area contributed by atoms with E-state index in [1.165, 1.54) is 6.92 Å². The Labute approximate surface area is 80.4 Å². The molecule has 0 saturated heterocycles. The molecule has 0 amide bonds. The molecule has 0 fully saturated rings. The van der Waals surface area contributed by atoms with Crippen molar-refractivity contribution in [3.8, 4) is 0 Å². The van der Waals surface area contributed by atoms with E-state index in [4.69, 9.17) is 20.4 Å². The first-order chi connectivity index (χ1) is 6.07. The first kappa shape index (κ1) is 13.6. The Morgan fingerprint density at radius 3 is 2.14 bits per heavy atom. The van der Waals surface area contributed by atoms with Crippen LogP contribution in [-0.4, -0.2) is 25.9 Å². The molecule has 0 aliphatic heterocycles. The molecule has 0 spiro atoms. The average Bonchev–Trinajstić information content (AvgIpc) is 1.98. The van der Waals surface area contributed by atoms with Gasteiger partial charge in [0, 0.05) is 0 Å². The summed E-state index contributed by atoms with van der Waals surface area (Å²) in [4.78, 5) is 26.3. The third-order valence-corrected chi connectivity index (χ3v) is 5.27. The Morgan fingerprint density at radius 2 is 1.86 bits per heavy atom. The molecule has 10 heteroatoms. The number of amidine groups is 1. The highest BCUT2D eigenvalue weighted by atomic mass is 31.2. The van der Waals surface area contributed by atoms with Gasteiger partial charge in [0.15, 0.2) is 5.40 Å². The third-order valence-electron chi connectivity index (χ3n) is 1.26. The van der Waals surface area contributed by atoms with Crippen LogP contribution in [0.25, 0.3) is 0 Å². The number of hydrogen-bond acceptors (Lipinski definition) is 4. The summed E-state index contributed by atoms with van der Waals surface area (Å²) in [6.07, 6.45) is 0. The molecule has 0 aromatic heterocycles. The monoisotopic (exact) mass is 246 g/mol. The summed E-state index contributed by atoms with van der Waals surface area (Å²) in [6, 6.07) is 0. The molecule has 0 heterocycles. The lowest BCUT2D eigenvalue weighted by molar-refractivity contribution is 0.265. The standard InChI is InChI=1S/C4H12N2O6P2/c1-3(5)6-12-14(10,11)4(2)13(7,8)9/h4H,1-2H3,(H2,5,6)(H,10,11)(H2,7,8,9). The fraction of sp³-hybridized carbons (Fsp3) is 0.750. The molecule has 0 aromatic rings. The van der Waals surface area contributed by atoms with Gasteiger partial charge in [0.25, 0.3) is 0 Å². The Balaban J connectivity index is 4.73. The largest absolute Gasteiger partial charge is 0.412 e. The third kappa shape index (κ3) is 4.21. The van der Waals surface area contributed by atoms with E-state index in [1.807, 2.05) is 0 Å². The van der Waals surface area contributed by atoms with Crippen LogP contribution in [0.3, 0.4) is 0 Å². The summed E-state index contributed by atoms with van der Waals surface area (Å²) in [5.74, 6) is -0.128.